The van der Waals surface area contributed by atoms with Crippen LogP contribution in [-0.4, -0.2) is 61.9 Å². The molecule has 0 spiro atoms. The molecule has 0 radical (unpaired) electrons. The maximum absolute atomic E-state index is 13.8. The van der Waals surface area contributed by atoms with E-state index in [2.05, 4.69) is 20.1 Å². The van der Waals surface area contributed by atoms with Crippen molar-refractivity contribution >= 4 is 19.5 Å². The Hall–Kier alpha value is -3.49. The van der Waals surface area contributed by atoms with Crippen molar-refractivity contribution in [2.45, 2.75) is 63.5 Å². The van der Waals surface area contributed by atoms with E-state index in [-0.39, 0.29) is 11.6 Å². The number of aliphatic hydroxyl groups is 2. The summed E-state index contributed by atoms with van der Waals surface area (Å²) in [6.07, 6.45) is -4.20. The first-order valence-corrected chi connectivity index (χ1v) is 13.2. The van der Waals surface area contributed by atoms with E-state index in [0.717, 1.165) is 10.8 Å². The first-order valence-electron chi connectivity index (χ1n) is 11.6. The molecule has 16 nitrogen and oxygen atoms in total. The Morgan fingerprint density at radius 3 is 2.62 bits per heavy atom. The molecule has 1 fully saturated rings. The number of nitrogens with two attached hydrogens (primary N) is 1. The van der Waals surface area contributed by atoms with Gasteiger partial charge in [0.15, 0.2) is 6.23 Å². The number of para-hydroxylation sites is 1. The molecule has 1 unspecified atom stereocenters. The SMILES string of the molecule is C[C@H](NP(=O)(OC[C@@]1(N=[N+]=[N-])O[C@@H](n2ccc(N)nc2=O)[C@H](O)[C@@H]1O)Oc1ccccc1)C(=O)OC(C)(C)C. The maximum atomic E-state index is 13.8. The van der Waals surface area contributed by atoms with Crippen molar-refractivity contribution in [3.8, 4) is 5.75 Å². The molecular weight excluding hydrogens is 537 g/mol. The smallest absolute Gasteiger partial charge is 0.459 e. The first kappa shape index (κ1) is 30.1. The van der Waals surface area contributed by atoms with Crippen LogP contribution in [0, 0.1) is 0 Å². The molecule has 1 aliphatic rings. The quantitative estimate of drug-likeness (QED) is 0.105. The second-order valence-corrected chi connectivity index (χ2v) is 11.3. The molecule has 39 heavy (non-hydrogen) atoms. The van der Waals surface area contributed by atoms with E-state index in [4.69, 9.17) is 24.3 Å². The molecule has 3 rings (SSSR count). The van der Waals surface area contributed by atoms with Crippen LogP contribution < -0.4 is 21.0 Å². The normalized spacial score (nSPS) is 25.2. The molecule has 1 aromatic carbocycles. The van der Waals surface area contributed by atoms with E-state index < -0.39 is 61.8 Å². The van der Waals surface area contributed by atoms with Crippen molar-refractivity contribution < 1.29 is 38.1 Å². The molecule has 1 saturated heterocycles. The predicted molar refractivity (Wildman–Crippen MR) is 136 cm³/mol. The molecule has 17 heteroatoms. The summed E-state index contributed by atoms with van der Waals surface area (Å²) < 4.78 is 36.6. The highest BCUT2D eigenvalue weighted by Crippen LogP contribution is 2.48. The largest absolute Gasteiger partial charge is 0.459 e. The molecule has 2 aromatic rings. The summed E-state index contributed by atoms with van der Waals surface area (Å²) in [4.78, 5) is 31.0. The first-order chi connectivity index (χ1) is 18.2. The molecule has 0 amide bonds. The third kappa shape index (κ3) is 7.34. The molecule has 212 valence electrons. The average molecular weight is 567 g/mol. The summed E-state index contributed by atoms with van der Waals surface area (Å²) in [6, 6.07) is 7.87. The Morgan fingerprint density at radius 1 is 1.36 bits per heavy atom. The third-order valence-electron chi connectivity index (χ3n) is 5.26. The average Bonchev–Trinajstić information content (AvgIpc) is 3.08. The number of hydrogen-bond acceptors (Lipinski definition) is 12. The number of azide groups is 1. The highest BCUT2D eigenvalue weighted by atomic mass is 31.2. The van der Waals surface area contributed by atoms with Crippen molar-refractivity contribution in [1.29, 1.82) is 0 Å². The Morgan fingerprint density at radius 2 is 2.03 bits per heavy atom. The standard InChI is InChI=1S/C22H30N7O9P/c1-13(19(32)37-21(2,3)4)26-39(34,38-14-8-6-5-7-9-14)35-12-22(27-28-24)17(31)16(30)18(36-22)29-11-10-15(23)25-20(29)33/h5-11,13,16-18,30-31H,12H2,1-4H3,(H,26,34)(H2,23,25,33)/t13-,16+,17-,18+,22+,39?/m0/s1. The lowest BCUT2D eigenvalue weighted by molar-refractivity contribution is -0.156. The fraction of sp³-hybridized carbons (Fsp3) is 0.500. The van der Waals surface area contributed by atoms with Crippen LogP contribution in [0.3, 0.4) is 0 Å². The van der Waals surface area contributed by atoms with Gasteiger partial charge in [0.1, 0.15) is 35.4 Å². The zero-order valence-corrected chi connectivity index (χ0v) is 22.5. The van der Waals surface area contributed by atoms with Gasteiger partial charge in [-0.1, -0.05) is 23.3 Å². The Bertz CT molecular complexity index is 1330. The third-order valence-corrected chi connectivity index (χ3v) is 6.89. The fourth-order valence-corrected chi connectivity index (χ4v) is 5.00. The number of nitrogens with zero attached hydrogens (tertiary/aromatic N) is 5. The van der Waals surface area contributed by atoms with Crippen molar-refractivity contribution in [2.75, 3.05) is 12.3 Å². The van der Waals surface area contributed by atoms with E-state index in [1.165, 1.54) is 25.1 Å². The highest BCUT2D eigenvalue weighted by Gasteiger charge is 2.56. The number of ether oxygens (including phenoxy) is 2. The second kappa shape index (κ2) is 11.7. The van der Waals surface area contributed by atoms with Crippen LogP contribution in [0.5, 0.6) is 5.75 Å². The number of hydrogen-bond donors (Lipinski definition) is 4. The van der Waals surface area contributed by atoms with Crippen LogP contribution in [0.1, 0.15) is 33.9 Å². The fourth-order valence-electron chi connectivity index (χ4n) is 3.49. The topological polar surface area (TPSA) is 233 Å². The number of benzene rings is 1. The van der Waals surface area contributed by atoms with E-state index in [1.54, 1.807) is 39.0 Å². The predicted octanol–water partition coefficient (Wildman–Crippen LogP) is 1.61. The van der Waals surface area contributed by atoms with Crippen molar-refractivity contribution in [3.63, 3.8) is 0 Å². The Balaban J connectivity index is 1.91. The molecular formula is C22H30N7O9P. The molecule has 5 N–H and O–H groups in total. The van der Waals surface area contributed by atoms with E-state index >= 15 is 0 Å². The zero-order chi connectivity index (χ0) is 29.0. The summed E-state index contributed by atoms with van der Waals surface area (Å²) in [5.41, 5.74) is 10.5. The molecule has 1 aromatic heterocycles. The number of nitrogen functional groups attached to an aromatic ring is 1. The number of rotatable bonds is 10. The minimum absolute atomic E-state index is 0.0906. The van der Waals surface area contributed by atoms with Crippen LogP contribution in [0.4, 0.5) is 5.82 Å². The van der Waals surface area contributed by atoms with Gasteiger partial charge in [0.2, 0.25) is 5.72 Å². The van der Waals surface area contributed by atoms with Gasteiger partial charge >= 0.3 is 19.4 Å². The van der Waals surface area contributed by atoms with E-state index in [1.807, 2.05) is 0 Å². The number of aliphatic hydroxyl groups excluding tert-OH is 2. The zero-order valence-electron chi connectivity index (χ0n) is 21.6. The Kier molecular flexibility index (Phi) is 9.03. The molecule has 6 atom stereocenters. The summed E-state index contributed by atoms with van der Waals surface area (Å²) in [5.74, 6) is -0.776. The molecule has 0 aliphatic carbocycles. The van der Waals surface area contributed by atoms with Crippen LogP contribution in [-0.2, 0) is 23.4 Å². The van der Waals surface area contributed by atoms with Gasteiger partial charge in [0, 0.05) is 11.1 Å². The van der Waals surface area contributed by atoms with E-state index in [0.29, 0.717) is 0 Å². The number of carbonyl (C=O) groups excluding carboxylic acids is 1. The van der Waals surface area contributed by atoms with Crippen LogP contribution in [0.25, 0.3) is 10.4 Å². The second-order valence-electron chi connectivity index (χ2n) is 9.58. The van der Waals surface area contributed by atoms with Crippen molar-refractivity contribution in [3.05, 3.63) is 63.5 Å². The van der Waals surface area contributed by atoms with Gasteiger partial charge < -0.3 is 29.9 Å². The summed E-state index contributed by atoms with van der Waals surface area (Å²) in [6.45, 7) is 5.38. The van der Waals surface area contributed by atoms with Gasteiger partial charge in [-0.2, -0.15) is 10.1 Å². The van der Waals surface area contributed by atoms with Gasteiger partial charge in [0.05, 0.1) is 6.61 Å². The number of esters is 1. The molecule has 0 saturated carbocycles. The number of nitrogens with one attached hydrogen (secondary N) is 1. The van der Waals surface area contributed by atoms with Crippen LogP contribution in [0.15, 0.2) is 52.5 Å². The number of aromatic nitrogens is 2. The monoisotopic (exact) mass is 567 g/mol. The highest BCUT2D eigenvalue weighted by molar-refractivity contribution is 7.52. The van der Waals surface area contributed by atoms with Crippen LogP contribution in [0.2, 0.25) is 0 Å². The van der Waals surface area contributed by atoms with Gasteiger partial charge in [-0.15, -0.1) is 0 Å². The van der Waals surface area contributed by atoms with Crippen LogP contribution >= 0.6 is 7.75 Å². The summed E-state index contributed by atoms with van der Waals surface area (Å²) in [5, 5.41) is 27.3. The Labute approximate surface area is 222 Å². The lowest BCUT2D eigenvalue weighted by Crippen LogP contribution is -2.46. The minimum atomic E-state index is -4.49. The van der Waals surface area contributed by atoms with Gasteiger partial charge in [-0.05, 0) is 51.4 Å². The minimum Gasteiger partial charge on any atom is -0.459 e. The molecule has 0 bridgehead atoms. The van der Waals surface area contributed by atoms with Crippen molar-refractivity contribution in [1.82, 2.24) is 14.6 Å². The maximum Gasteiger partial charge on any atom is 0.459 e. The number of carbonyl (C=O) groups is 1. The van der Waals surface area contributed by atoms with Crippen molar-refractivity contribution in [2.24, 2.45) is 5.11 Å². The summed E-state index contributed by atoms with van der Waals surface area (Å²) >= 11 is 0. The van der Waals surface area contributed by atoms with Gasteiger partial charge in [0.25, 0.3) is 0 Å². The molecule has 2 heterocycles. The summed E-state index contributed by atoms with van der Waals surface area (Å²) in [7, 11) is -4.49. The van der Waals surface area contributed by atoms with Gasteiger partial charge in [-0.25, -0.2) is 9.36 Å². The lowest BCUT2D eigenvalue weighted by Gasteiger charge is -2.30. The number of anilines is 1. The lowest BCUT2D eigenvalue weighted by atomic mass is 10.1. The molecule has 1 aliphatic heterocycles. The van der Waals surface area contributed by atoms with E-state index in [9.17, 15) is 29.9 Å². The van der Waals surface area contributed by atoms with Gasteiger partial charge in [-0.3, -0.25) is 13.9 Å².